The lowest BCUT2D eigenvalue weighted by Gasteiger charge is -1.81. The Morgan fingerprint density at radius 2 is 1.91 bits per heavy atom. The summed E-state index contributed by atoms with van der Waals surface area (Å²) in [6.45, 7) is 3.00. The molecule has 7 heteroatoms. The van der Waals surface area contributed by atoms with E-state index in [4.69, 9.17) is 9.66 Å². The summed E-state index contributed by atoms with van der Waals surface area (Å²) in [5, 5.41) is 7.62. The quantitative estimate of drug-likeness (QED) is 0.346. The van der Waals surface area contributed by atoms with Crippen LogP contribution in [0.1, 0.15) is 0 Å². The van der Waals surface area contributed by atoms with Gasteiger partial charge < -0.3 is 9.84 Å². The van der Waals surface area contributed by atoms with Gasteiger partial charge in [-0.25, -0.2) is 4.79 Å². The molecule has 0 saturated heterocycles. The van der Waals surface area contributed by atoms with Gasteiger partial charge in [-0.3, -0.25) is 4.55 Å². The number of hydrogen-bond acceptors (Lipinski definition) is 4. The highest BCUT2D eigenvalue weighted by molar-refractivity contribution is 7.85. The fourth-order valence-electron chi connectivity index (χ4n) is 0.0713. The molecule has 0 amide bonds. The predicted octanol–water partition coefficient (Wildman–Crippen LogP) is 0.328. The summed E-state index contributed by atoms with van der Waals surface area (Å²) in [4.78, 5) is 9.31. The van der Waals surface area contributed by atoms with E-state index in [0.717, 1.165) is 6.26 Å². The maximum atomic E-state index is 9.31. The van der Waals surface area contributed by atoms with Gasteiger partial charge in [-0.05, 0) is 0 Å². The number of rotatable bonds is 1. The first-order valence-electron chi connectivity index (χ1n) is 2.20. The summed E-state index contributed by atoms with van der Waals surface area (Å²) in [5.74, 6) is 0. The van der Waals surface area contributed by atoms with Gasteiger partial charge in [-0.15, -0.1) is 0 Å². The SMILES string of the molecule is C=COC(=O)O.CS(=O)(=O)O. The molecule has 0 aliphatic rings. The van der Waals surface area contributed by atoms with Crippen molar-refractivity contribution in [2.24, 2.45) is 0 Å². The Bertz CT molecular complexity index is 207. The van der Waals surface area contributed by atoms with Crippen molar-refractivity contribution in [3.63, 3.8) is 0 Å². The van der Waals surface area contributed by atoms with Crippen molar-refractivity contribution in [3.05, 3.63) is 12.8 Å². The molecule has 0 aromatic heterocycles. The first kappa shape index (κ1) is 12.6. The summed E-state index contributed by atoms with van der Waals surface area (Å²) in [6.07, 6.45) is 0.236. The van der Waals surface area contributed by atoms with Gasteiger partial charge in [0.25, 0.3) is 10.1 Å². The van der Waals surface area contributed by atoms with Crippen molar-refractivity contribution in [1.29, 1.82) is 0 Å². The molecule has 11 heavy (non-hydrogen) atoms. The fourth-order valence-corrected chi connectivity index (χ4v) is 0.0713. The number of ether oxygens (including phenoxy) is 1. The highest BCUT2D eigenvalue weighted by atomic mass is 32.2. The van der Waals surface area contributed by atoms with Crippen LogP contribution in [0.25, 0.3) is 0 Å². The molecule has 6 nitrogen and oxygen atoms in total. The monoisotopic (exact) mass is 184 g/mol. The van der Waals surface area contributed by atoms with Crippen LogP contribution in [-0.4, -0.2) is 30.5 Å². The summed E-state index contributed by atoms with van der Waals surface area (Å²) in [6, 6.07) is 0. The van der Waals surface area contributed by atoms with Crippen molar-refractivity contribution in [2.75, 3.05) is 6.26 Å². The van der Waals surface area contributed by atoms with Crippen molar-refractivity contribution in [2.45, 2.75) is 0 Å². The van der Waals surface area contributed by atoms with E-state index in [2.05, 4.69) is 11.3 Å². The molecule has 66 valence electrons. The molecule has 0 saturated carbocycles. The van der Waals surface area contributed by atoms with Crippen LogP contribution >= 0.6 is 0 Å². The van der Waals surface area contributed by atoms with Gasteiger partial charge in [0.2, 0.25) is 0 Å². The summed E-state index contributed by atoms with van der Waals surface area (Å²) >= 11 is 0. The first-order chi connectivity index (χ1) is 4.77. The zero-order valence-corrected chi connectivity index (χ0v) is 6.54. The van der Waals surface area contributed by atoms with Crippen LogP contribution in [0.15, 0.2) is 12.8 Å². The third-order valence-electron chi connectivity index (χ3n) is 0.184. The average Bonchev–Trinajstić information content (AvgIpc) is 1.58. The van der Waals surface area contributed by atoms with E-state index in [0.29, 0.717) is 6.26 Å². The molecule has 0 aliphatic heterocycles. The Kier molecular flexibility index (Phi) is 6.50. The van der Waals surface area contributed by atoms with Crippen LogP contribution in [0, 0.1) is 0 Å². The lowest BCUT2D eigenvalue weighted by molar-refractivity contribution is 0.128. The Labute approximate surface area is 63.8 Å². The molecule has 0 aromatic carbocycles. The molecule has 0 spiro atoms. The van der Waals surface area contributed by atoms with E-state index < -0.39 is 16.3 Å². The van der Waals surface area contributed by atoms with Gasteiger partial charge in [0.1, 0.15) is 0 Å². The lowest BCUT2D eigenvalue weighted by atomic mass is 11.1. The summed E-state index contributed by atoms with van der Waals surface area (Å²) in [7, 11) is -3.67. The molecule has 0 aliphatic carbocycles. The predicted molar refractivity (Wildman–Crippen MR) is 36.8 cm³/mol. The average molecular weight is 184 g/mol. The second-order valence-electron chi connectivity index (χ2n) is 1.28. The lowest BCUT2D eigenvalue weighted by Crippen LogP contribution is -1.89. The molecule has 0 aromatic rings. The second-order valence-corrected chi connectivity index (χ2v) is 2.75. The van der Waals surface area contributed by atoms with Crippen LogP contribution in [0.4, 0.5) is 4.79 Å². The van der Waals surface area contributed by atoms with E-state index in [1.165, 1.54) is 0 Å². The van der Waals surface area contributed by atoms with E-state index in [1.807, 2.05) is 0 Å². The van der Waals surface area contributed by atoms with Crippen LogP contribution in [-0.2, 0) is 14.9 Å². The standard InChI is InChI=1S/C3H4O3.CH4O3S/c1-2-6-3(4)5;1-5(2,3)4/h2H,1H2,(H,4,5);1H3,(H,2,3,4). The van der Waals surface area contributed by atoms with E-state index >= 15 is 0 Å². The van der Waals surface area contributed by atoms with Crippen LogP contribution < -0.4 is 0 Å². The number of carbonyl (C=O) groups is 1. The van der Waals surface area contributed by atoms with Gasteiger partial charge in [0.05, 0.1) is 12.5 Å². The maximum absolute atomic E-state index is 9.31. The second kappa shape index (κ2) is 5.69. The third-order valence-corrected chi connectivity index (χ3v) is 0.184. The van der Waals surface area contributed by atoms with Crippen molar-refractivity contribution >= 4 is 16.3 Å². The molecule has 0 rings (SSSR count). The minimum Gasteiger partial charge on any atom is -0.449 e. The van der Waals surface area contributed by atoms with Crippen molar-refractivity contribution in [1.82, 2.24) is 0 Å². The van der Waals surface area contributed by atoms with Crippen LogP contribution in [0.5, 0.6) is 0 Å². The molecular weight excluding hydrogens is 176 g/mol. The van der Waals surface area contributed by atoms with Crippen LogP contribution in [0.3, 0.4) is 0 Å². The smallest absolute Gasteiger partial charge is 0.449 e. The van der Waals surface area contributed by atoms with Gasteiger partial charge in [-0.1, -0.05) is 6.58 Å². The van der Waals surface area contributed by atoms with Gasteiger partial charge in [-0.2, -0.15) is 8.42 Å². The Morgan fingerprint density at radius 1 is 1.64 bits per heavy atom. The molecule has 0 radical (unpaired) electrons. The van der Waals surface area contributed by atoms with E-state index in [1.54, 1.807) is 0 Å². The molecule has 0 unspecified atom stereocenters. The topological polar surface area (TPSA) is 101 Å². The van der Waals surface area contributed by atoms with Gasteiger partial charge in [0.15, 0.2) is 0 Å². The van der Waals surface area contributed by atoms with Gasteiger partial charge >= 0.3 is 6.16 Å². The molecule has 0 fully saturated rings. The molecule has 0 bridgehead atoms. The minimum atomic E-state index is -3.67. The zero-order chi connectivity index (χ0) is 9.49. The van der Waals surface area contributed by atoms with Gasteiger partial charge in [0, 0.05) is 0 Å². The molecule has 0 heterocycles. The Balaban J connectivity index is 0. The summed E-state index contributed by atoms with van der Waals surface area (Å²) in [5.41, 5.74) is 0. The molecule has 0 atom stereocenters. The normalized spacial score (nSPS) is 8.91. The number of hydrogen-bond donors (Lipinski definition) is 2. The van der Waals surface area contributed by atoms with E-state index in [-0.39, 0.29) is 0 Å². The minimum absolute atomic E-state index is 0.715. The molecule has 2 N–H and O–H groups in total. The zero-order valence-electron chi connectivity index (χ0n) is 5.72. The largest absolute Gasteiger partial charge is 0.510 e. The highest BCUT2D eigenvalue weighted by Gasteiger charge is 1.84. The summed E-state index contributed by atoms with van der Waals surface area (Å²) < 4.78 is 29.6. The highest BCUT2D eigenvalue weighted by Crippen LogP contribution is 1.70. The van der Waals surface area contributed by atoms with Crippen molar-refractivity contribution < 1.29 is 27.6 Å². The number of carboxylic acid groups (broad SMARTS) is 1. The van der Waals surface area contributed by atoms with Crippen LogP contribution in [0.2, 0.25) is 0 Å². The fraction of sp³-hybridized carbons (Fsp3) is 0.250. The Hall–Kier alpha value is -1.08. The molecular formula is C4H8O6S. The first-order valence-corrected chi connectivity index (χ1v) is 4.05. The third kappa shape index (κ3) is 116. The van der Waals surface area contributed by atoms with Crippen molar-refractivity contribution in [3.8, 4) is 0 Å². The van der Waals surface area contributed by atoms with E-state index in [9.17, 15) is 13.2 Å². The Morgan fingerprint density at radius 3 is 1.91 bits per heavy atom. The maximum Gasteiger partial charge on any atom is 0.510 e.